The van der Waals surface area contributed by atoms with Gasteiger partial charge in [0.1, 0.15) is 0 Å². The zero-order chi connectivity index (χ0) is 19.5. The predicted molar refractivity (Wildman–Crippen MR) is 91.2 cm³/mol. The number of rotatable bonds is 5. The number of nitrogens with zero attached hydrogens (tertiary/aromatic N) is 2. The Labute approximate surface area is 151 Å². The average Bonchev–Trinajstić information content (AvgIpc) is 2.60. The minimum Gasteiger partial charge on any atom is -0.344 e. The Hall–Kier alpha value is -2.09. The van der Waals surface area contributed by atoms with Crippen molar-refractivity contribution >= 4 is 11.8 Å². The maximum absolute atomic E-state index is 12.8. The zero-order valence-electron chi connectivity index (χ0n) is 15.1. The Morgan fingerprint density at radius 2 is 1.92 bits per heavy atom. The second-order valence-corrected chi connectivity index (χ2v) is 6.58. The lowest BCUT2D eigenvalue weighted by atomic mass is 9.83. The van der Waals surface area contributed by atoms with Crippen LogP contribution in [0.2, 0.25) is 0 Å². The molecule has 8 heteroatoms. The van der Waals surface area contributed by atoms with Gasteiger partial charge in [0.25, 0.3) is 0 Å². The molecule has 2 amide bonds. The Morgan fingerprint density at radius 1 is 1.31 bits per heavy atom. The minimum atomic E-state index is -4.42. The van der Waals surface area contributed by atoms with Gasteiger partial charge in [-0.25, -0.2) is 0 Å². The predicted octanol–water partition coefficient (Wildman–Crippen LogP) is 2.29. The van der Waals surface area contributed by atoms with E-state index in [-0.39, 0.29) is 18.2 Å². The quantitative estimate of drug-likeness (QED) is 0.864. The molecule has 5 nitrogen and oxygen atoms in total. The second-order valence-electron chi connectivity index (χ2n) is 6.58. The van der Waals surface area contributed by atoms with Crippen molar-refractivity contribution in [1.82, 2.24) is 15.1 Å². The molecule has 0 aliphatic carbocycles. The van der Waals surface area contributed by atoms with Gasteiger partial charge in [-0.1, -0.05) is 12.1 Å². The third-order valence-electron chi connectivity index (χ3n) is 4.83. The van der Waals surface area contributed by atoms with Gasteiger partial charge >= 0.3 is 6.18 Å². The molecule has 1 saturated heterocycles. The first-order chi connectivity index (χ1) is 12.2. The van der Waals surface area contributed by atoms with E-state index in [1.807, 2.05) is 0 Å². The number of likely N-dealkylation sites (N-methyl/N-ethyl adjacent to an activating group) is 2. The van der Waals surface area contributed by atoms with Gasteiger partial charge in [0.05, 0.1) is 17.5 Å². The van der Waals surface area contributed by atoms with Crippen molar-refractivity contribution in [1.29, 1.82) is 0 Å². The molecule has 0 saturated carbocycles. The highest BCUT2D eigenvalue weighted by atomic mass is 19.4. The summed E-state index contributed by atoms with van der Waals surface area (Å²) in [4.78, 5) is 28.0. The summed E-state index contributed by atoms with van der Waals surface area (Å²) in [5.41, 5.74) is -0.214. The van der Waals surface area contributed by atoms with E-state index in [2.05, 4.69) is 5.32 Å². The highest BCUT2D eigenvalue weighted by Gasteiger charge is 2.40. The fourth-order valence-corrected chi connectivity index (χ4v) is 3.29. The maximum Gasteiger partial charge on any atom is 0.416 e. The van der Waals surface area contributed by atoms with Gasteiger partial charge in [-0.3, -0.25) is 9.59 Å². The van der Waals surface area contributed by atoms with Gasteiger partial charge in [0.15, 0.2) is 0 Å². The van der Waals surface area contributed by atoms with Crippen molar-refractivity contribution in [2.45, 2.75) is 25.1 Å². The number of piperidine rings is 1. The van der Waals surface area contributed by atoms with E-state index in [9.17, 15) is 22.8 Å². The van der Waals surface area contributed by atoms with E-state index in [1.54, 1.807) is 26.0 Å². The smallest absolute Gasteiger partial charge is 0.344 e. The van der Waals surface area contributed by atoms with Gasteiger partial charge in [-0.15, -0.1) is 0 Å². The summed E-state index contributed by atoms with van der Waals surface area (Å²) in [6.45, 7) is 1.15. The molecule has 1 aromatic carbocycles. The molecule has 144 valence electrons. The third kappa shape index (κ3) is 4.35. The lowest BCUT2D eigenvalue weighted by Gasteiger charge is -2.40. The number of halogens is 3. The van der Waals surface area contributed by atoms with E-state index in [4.69, 9.17) is 0 Å². The summed E-state index contributed by atoms with van der Waals surface area (Å²) in [5, 5.41) is 2.97. The first-order valence-corrected chi connectivity index (χ1v) is 8.49. The molecule has 2 unspecified atom stereocenters. The molecule has 1 aliphatic rings. The Morgan fingerprint density at radius 3 is 2.46 bits per heavy atom. The molecule has 1 heterocycles. The van der Waals surface area contributed by atoms with Gasteiger partial charge < -0.3 is 15.1 Å². The van der Waals surface area contributed by atoms with Crippen LogP contribution in [0.4, 0.5) is 13.2 Å². The molecule has 1 aliphatic heterocycles. The Balaban J connectivity index is 2.30. The van der Waals surface area contributed by atoms with E-state index < -0.39 is 23.7 Å². The summed E-state index contributed by atoms with van der Waals surface area (Å²) in [5.74, 6) is -0.697. The van der Waals surface area contributed by atoms with Crippen LogP contribution in [0.5, 0.6) is 0 Å². The summed E-state index contributed by atoms with van der Waals surface area (Å²) >= 11 is 0. The standard InChI is InChI=1S/C18H24F3N3O2/c1-22-10-11-23(2)17(26)14-8-9-15(25)24(3)16(14)12-4-6-13(7-5-12)18(19,20)21/h4-7,14,16,22H,8-11H2,1-3H3. The van der Waals surface area contributed by atoms with Gasteiger partial charge in [-0.2, -0.15) is 13.2 Å². The van der Waals surface area contributed by atoms with Crippen LogP contribution >= 0.6 is 0 Å². The zero-order valence-corrected chi connectivity index (χ0v) is 15.1. The number of carbonyl (C=O) groups is 2. The maximum atomic E-state index is 12.8. The number of nitrogens with one attached hydrogen (secondary N) is 1. The highest BCUT2D eigenvalue weighted by molar-refractivity contribution is 5.84. The van der Waals surface area contributed by atoms with Crippen LogP contribution in [0, 0.1) is 5.92 Å². The van der Waals surface area contributed by atoms with E-state index >= 15 is 0 Å². The van der Waals surface area contributed by atoms with E-state index in [1.165, 1.54) is 17.0 Å². The molecular weight excluding hydrogens is 347 g/mol. The van der Waals surface area contributed by atoms with Crippen molar-refractivity contribution < 1.29 is 22.8 Å². The van der Waals surface area contributed by atoms with E-state index in [0.717, 1.165) is 12.1 Å². The Bertz CT molecular complexity index is 646. The molecule has 0 spiro atoms. The van der Waals surface area contributed by atoms with Crippen molar-refractivity contribution in [2.75, 3.05) is 34.2 Å². The molecule has 0 bridgehead atoms. The SMILES string of the molecule is CNCCN(C)C(=O)C1CCC(=O)N(C)C1c1ccc(C(F)(F)F)cc1. The van der Waals surface area contributed by atoms with Crippen LogP contribution in [-0.2, 0) is 15.8 Å². The van der Waals surface area contributed by atoms with Crippen molar-refractivity contribution in [3.8, 4) is 0 Å². The van der Waals surface area contributed by atoms with Gasteiger partial charge in [0.2, 0.25) is 11.8 Å². The molecule has 1 aromatic rings. The number of hydrogen-bond donors (Lipinski definition) is 1. The fraction of sp³-hybridized carbons (Fsp3) is 0.556. The van der Waals surface area contributed by atoms with Crippen LogP contribution in [0.1, 0.15) is 30.0 Å². The van der Waals surface area contributed by atoms with Crippen molar-refractivity contribution in [3.63, 3.8) is 0 Å². The first-order valence-electron chi connectivity index (χ1n) is 8.49. The van der Waals surface area contributed by atoms with Crippen LogP contribution in [0.15, 0.2) is 24.3 Å². The molecule has 0 aromatic heterocycles. The second kappa shape index (κ2) is 8.07. The summed E-state index contributed by atoms with van der Waals surface area (Å²) < 4.78 is 38.4. The van der Waals surface area contributed by atoms with Crippen molar-refractivity contribution in [3.05, 3.63) is 35.4 Å². The highest BCUT2D eigenvalue weighted by Crippen LogP contribution is 2.38. The molecular formula is C18H24F3N3O2. The number of hydrogen-bond acceptors (Lipinski definition) is 3. The number of amides is 2. The molecule has 1 fully saturated rings. The average molecular weight is 371 g/mol. The summed E-state index contributed by atoms with van der Waals surface area (Å²) in [7, 11) is 5.08. The molecule has 2 atom stereocenters. The van der Waals surface area contributed by atoms with Crippen molar-refractivity contribution in [2.24, 2.45) is 5.92 Å². The molecule has 1 N–H and O–H groups in total. The summed E-state index contributed by atoms with van der Waals surface area (Å²) in [6, 6.07) is 4.14. The minimum absolute atomic E-state index is 0.107. The van der Waals surface area contributed by atoms with Crippen LogP contribution in [0.3, 0.4) is 0 Å². The normalized spacial score (nSPS) is 21.0. The lowest BCUT2D eigenvalue weighted by Crippen LogP contribution is -2.47. The van der Waals surface area contributed by atoms with E-state index in [0.29, 0.717) is 25.1 Å². The number of benzene rings is 1. The molecule has 2 rings (SSSR count). The molecule has 0 radical (unpaired) electrons. The first kappa shape index (κ1) is 20.2. The van der Waals surface area contributed by atoms with Gasteiger partial charge in [0, 0.05) is 33.6 Å². The number of likely N-dealkylation sites (tertiary alicyclic amines) is 1. The summed E-state index contributed by atoms with van der Waals surface area (Å²) in [6.07, 6.45) is -3.78. The van der Waals surface area contributed by atoms with Crippen LogP contribution < -0.4 is 5.32 Å². The Kier molecular flexibility index (Phi) is 6.28. The molecule has 26 heavy (non-hydrogen) atoms. The fourth-order valence-electron chi connectivity index (χ4n) is 3.29. The topological polar surface area (TPSA) is 52.7 Å². The lowest BCUT2D eigenvalue weighted by molar-refractivity contribution is -0.146. The van der Waals surface area contributed by atoms with Crippen LogP contribution in [-0.4, -0.2) is 55.8 Å². The largest absolute Gasteiger partial charge is 0.416 e. The number of carbonyl (C=O) groups excluding carboxylic acids is 2. The van der Waals surface area contributed by atoms with Gasteiger partial charge in [-0.05, 0) is 31.2 Å². The number of alkyl halides is 3. The van der Waals surface area contributed by atoms with Crippen LogP contribution in [0.25, 0.3) is 0 Å². The third-order valence-corrected chi connectivity index (χ3v) is 4.83. The monoisotopic (exact) mass is 371 g/mol.